The van der Waals surface area contributed by atoms with Gasteiger partial charge >= 0.3 is 0 Å². The van der Waals surface area contributed by atoms with Crippen LogP contribution >= 0.6 is 11.6 Å². The van der Waals surface area contributed by atoms with Gasteiger partial charge in [-0.3, -0.25) is 4.98 Å². The van der Waals surface area contributed by atoms with E-state index in [2.05, 4.69) is 23.3 Å². The number of halogens is 1. The van der Waals surface area contributed by atoms with Crippen molar-refractivity contribution in [1.82, 2.24) is 10.3 Å². The average molecular weight is 305 g/mol. The third-order valence-corrected chi connectivity index (χ3v) is 3.65. The normalized spacial score (nSPS) is 12.1. The van der Waals surface area contributed by atoms with Gasteiger partial charge in [-0.25, -0.2) is 0 Å². The molecule has 2 rings (SSSR count). The lowest BCUT2D eigenvalue weighted by Gasteiger charge is -2.19. The first-order valence-electron chi connectivity index (χ1n) is 7.29. The fourth-order valence-corrected chi connectivity index (χ4v) is 2.52. The zero-order valence-corrected chi connectivity index (χ0v) is 13.2. The Bertz CT molecular complexity index is 574. The zero-order valence-electron chi connectivity index (χ0n) is 12.5. The minimum Gasteiger partial charge on any atom is -0.492 e. The highest BCUT2D eigenvalue weighted by Crippen LogP contribution is 2.25. The molecule has 0 fully saturated rings. The Balaban J connectivity index is 2.22. The smallest absolute Gasteiger partial charge is 0.137 e. The van der Waals surface area contributed by atoms with Gasteiger partial charge < -0.3 is 10.1 Å². The summed E-state index contributed by atoms with van der Waals surface area (Å²) in [5.74, 6) is 0.803. The number of hydrogen-bond donors (Lipinski definition) is 1. The molecule has 0 radical (unpaired) electrons. The first-order valence-corrected chi connectivity index (χ1v) is 7.67. The Morgan fingerprint density at radius 3 is 2.76 bits per heavy atom. The maximum absolute atomic E-state index is 6.27. The quantitative estimate of drug-likeness (QED) is 0.838. The largest absolute Gasteiger partial charge is 0.492 e. The molecule has 2 aromatic rings. The third-order valence-electron chi connectivity index (χ3n) is 3.28. The molecule has 3 nitrogen and oxygen atoms in total. The number of hydrogen-bond acceptors (Lipinski definition) is 3. The fourth-order valence-electron chi connectivity index (χ4n) is 2.31. The molecule has 112 valence electrons. The van der Waals surface area contributed by atoms with Crippen molar-refractivity contribution in [3.05, 3.63) is 58.9 Å². The second-order valence-corrected chi connectivity index (χ2v) is 5.20. The van der Waals surface area contributed by atoms with Crippen molar-refractivity contribution in [3.8, 4) is 5.75 Å². The Labute approximate surface area is 131 Å². The topological polar surface area (TPSA) is 34.2 Å². The van der Waals surface area contributed by atoms with E-state index in [-0.39, 0.29) is 6.04 Å². The van der Waals surface area contributed by atoms with Crippen LogP contribution in [0.1, 0.15) is 31.0 Å². The molecule has 1 atom stereocenters. The maximum atomic E-state index is 6.27. The molecule has 1 aromatic heterocycles. The predicted molar refractivity (Wildman–Crippen MR) is 87.0 cm³/mol. The molecule has 0 saturated heterocycles. The summed E-state index contributed by atoms with van der Waals surface area (Å²) in [4.78, 5) is 4.27. The van der Waals surface area contributed by atoms with Crippen LogP contribution in [0.4, 0.5) is 0 Å². The molecule has 0 saturated carbocycles. The van der Waals surface area contributed by atoms with Gasteiger partial charge in [-0.15, -0.1) is 0 Å². The number of ether oxygens (including phenoxy) is 1. The standard InChI is InChI=1S/C17H21ClN2O/c1-3-20-17(10-13-7-5-6-8-16(13)18)14-9-15(21-4-2)12-19-11-14/h5-9,11-12,17,20H,3-4,10H2,1-2H3. The molecule has 0 aliphatic heterocycles. The number of aromatic nitrogens is 1. The molecule has 1 unspecified atom stereocenters. The van der Waals surface area contributed by atoms with Crippen molar-refractivity contribution in [1.29, 1.82) is 0 Å². The van der Waals surface area contributed by atoms with Gasteiger partial charge in [-0.05, 0) is 43.1 Å². The first kappa shape index (κ1) is 15.8. The van der Waals surface area contributed by atoms with Crippen LogP contribution in [0, 0.1) is 0 Å². The van der Waals surface area contributed by atoms with Crippen LogP contribution < -0.4 is 10.1 Å². The second-order valence-electron chi connectivity index (χ2n) is 4.79. The minimum atomic E-state index is 0.169. The molecule has 1 heterocycles. The highest BCUT2D eigenvalue weighted by molar-refractivity contribution is 6.31. The van der Waals surface area contributed by atoms with Crippen LogP contribution in [-0.4, -0.2) is 18.1 Å². The van der Waals surface area contributed by atoms with Crippen molar-refractivity contribution in [3.63, 3.8) is 0 Å². The number of likely N-dealkylation sites (N-methyl/N-ethyl adjacent to an activating group) is 1. The second kappa shape index (κ2) is 8.01. The molecule has 0 spiro atoms. The summed E-state index contributed by atoms with van der Waals surface area (Å²) in [6.45, 7) is 5.59. The number of benzene rings is 1. The average Bonchev–Trinajstić information content (AvgIpc) is 2.49. The number of nitrogens with one attached hydrogen (secondary N) is 1. The van der Waals surface area contributed by atoms with Gasteiger partial charge in [0.15, 0.2) is 0 Å². The number of rotatable bonds is 7. The number of pyridine rings is 1. The molecular formula is C17H21ClN2O. The Hall–Kier alpha value is -1.58. The highest BCUT2D eigenvalue weighted by atomic mass is 35.5. The van der Waals surface area contributed by atoms with Crippen LogP contribution in [0.3, 0.4) is 0 Å². The maximum Gasteiger partial charge on any atom is 0.137 e. The van der Waals surface area contributed by atoms with E-state index in [9.17, 15) is 0 Å². The predicted octanol–water partition coefficient (Wildman–Crippen LogP) is 4.03. The molecule has 1 aromatic carbocycles. The van der Waals surface area contributed by atoms with Gasteiger partial charge in [0.25, 0.3) is 0 Å². The van der Waals surface area contributed by atoms with Crippen LogP contribution in [0.5, 0.6) is 5.75 Å². The van der Waals surface area contributed by atoms with E-state index in [1.807, 2.05) is 37.4 Å². The Morgan fingerprint density at radius 2 is 2.05 bits per heavy atom. The van der Waals surface area contributed by atoms with E-state index in [0.29, 0.717) is 6.61 Å². The molecule has 0 aliphatic carbocycles. The number of nitrogens with zero attached hydrogens (tertiary/aromatic N) is 1. The van der Waals surface area contributed by atoms with Crippen LogP contribution in [0.15, 0.2) is 42.7 Å². The summed E-state index contributed by atoms with van der Waals surface area (Å²) in [6.07, 6.45) is 4.45. The van der Waals surface area contributed by atoms with Gasteiger partial charge in [0.2, 0.25) is 0 Å². The van der Waals surface area contributed by atoms with Gasteiger partial charge in [0.1, 0.15) is 5.75 Å². The van der Waals surface area contributed by atoms with E-state index < -0.39 is 0 Å². The van der Waals surface area contributed by atoms with Crippen molar-refractivity contribution in [2.24, 2.45) is 0 Å². The summed E-state index contributed by atoms with van der Waals surface area (Å²) in [5, 5.41) is 4.29. The Morgan fingerprint density at radius 1 is 1.24 bits per heavy atom. The van der Waals surface area contributed by atoms with Crippen molar-refractivity contribution in [2.75, 3.05) is 13.2 Å². The molecular weight excluding hydrogens is 284 g/mol. The summed E-state index contributed by atoms with van der Waals surface area (Å²) >= 11 is 6.27. The molecule has 0 amide bonds. The summed E-state index contributed by atoms with van der Waals surface area (Å²) in [7, 11) is 0. The molecule has 4 heteroatoms. The van der Waals surface area contributed by atoms with Gasteiger partial charge in [0, 0.05) is 17.3 Å². The SMILES string of the molecule is CCNC(Cc1ccccc1Cl)c1cncc(OCC)c1. The van der Waals surface area contributed by atoms with E-state index in [1.165, 1.54) is 0 Å². The third kappa shape index (κ3) is 4.45. The lowest BCUT2D eigenvalue weighted by atomic mass is 10.00. The van der Waals surface area contributed by atoms with E-state index >= 15 is 0 Å². The first-order chi connectivity index (χ1) is 10.2. The van der Waals surface area contributed by atoms with Crippen LogP contribution in [-0.2, 0) is 6.42 Å². The van der Waals surface area contributed by atoms with E-state index in [0.717, 1.165) is 34.9 Å². The van der Waals surface area contributed by atoms with Gasteiger partial charge in [-0.1, -0.05) is 36.7 Å². The Kier molecular flexibility index (Phi) is 6.03. The minimum absolute atomic E-state index is 0.169. The van der Waals surface area contributed by atoms with Crippen LogP contribution in [0.2, 0.25) is 5.02 Å². The van der Waals surface area contributed by atoms with Crippen LogP contribution in [0.25, 0.3) is 0 Å². The van der Waals surface area contributed by atoms with E-state index in [1.54, 1.807) is 6.20 Å². The lowest BCUT2D eigenvalue weighted by Crippen LogP contribution is -2.23. The molecule has 1 N–H and O–H groups in total. The molecule has 0 aliphatic rings. The van der Waals surface area contributed by atoms with Gasteiger partial charge in [-0.2, -0.15) is 0 Å². The highest BCUT2D eigenvalue weighted by Gasteiger charge is 2.14. The fraction of sp³-hybridized carbons (Fsp3) is 0.353. The molecule has 0 bridgehead atoms. The molecule has 21 heavy (non-hydrogen) atoms. The van der Waals surface area contributed by atoms with Crippen molar-refractivity contribution in [2.45, 2.75) is 26.3 Å². The zero-order chi connectivity index (χ0) is 15.1. The monoisotopic (exact) mass is 304 g/mol. The summed E-state index contributed by atoms with van der Waals surface area (Å²) < 4.78 is 5.53. The lowest BCUT2D eigenvalue weighted by molar-refractivity contribution is 0.338. The summed E-state index contributed by atoms with van der Waals surface area (Å²) in [6, 6.07) is 10.2. The van der Waals surface area contributed by atoms with Gasteiger partial charge in [0.05, 0.1) is 12.8 Å². The van der Waals surface area contributed by atoms with Crippen molar-refractivity contribution >= 4 is 11.6 Å². The van der Waals surface area contributed by atoms with Crippen molar-refractivity contribution < 1.29 is 4.74 Å². The van der Waals surface area contributed by atoms with E-state index in [4.69, 9.17) is 16.3 Å². The summed E-state index contributed by atoms with van der Waals surface area (Å²) in [5.41, 5.74) is 2.25.